The Bertz CT molecular complexity index is 457. The highest BCUT2D eigenvalue weighted by molar-refractivity contribution is 5.77. The molecule has 2 N–H and O–H groups in total. The summed E-state index contributed by atoms with van der Waals surface area (Å²) in [5, 5.41) is 12.7. The zero-order valence-electron chi connectivity index (χ0n) is 13.2. The Morgan fingerprint density at radius 1 is 1.41 bits per heavy atom. The Hall–Kier alpha value is -1.50. The van der Waals surface area contributed by atoms with Gasteiger partial charge in [-0.05, 0) is 19.5 Å². The SMILES string of the molecule is CCNC(=O)CN(CC)CC(O)COCc1ccccc1F. The minimum absolute atomic E-state index is 0.0659. The van der Waals surface area contributed by atoms with Crippen LogP contribution in [0.2, 0.25) is 0 Å². The van der Waals surface area contributed by atoms with Gasteiger partial charge < -0.3 is 15.2 Å². The van der Waals surface area contributed by atoms with Crippen LogP contribution in [-0.4, -0.2) is 54.8 Å². The van der Waals surface area contributed by atoms with E-state index in [-0.39, 0.29) is 31.5 Å². The molecule has 0 bridgehead atoms. The third-order valence-electron chi connectivity index (χ3n) is 3.18. The number of aliphatic hydroxyl groups is 1. The fourth-order valence-electron chi connectivity index (χ4n) is 2.03. The summed E-state index contributed by atoms with van der Waals surface area (Å²) in [6.07, 6.45) is -0.721. The van der Waals surface area contributed by atoms with E-state index in [1.54, 1.807) is 18.2 Å². The van der Waals surface area contributed by atoms with E-state index in [1.165, 1.54) is 6.07 Å². The molecule has 0 aliphatic carbocycles. The molecule has 124 valence electrons. The minimum atomic E-state index is -0.721. The highest BCUT2D eigenvalue weighted by Crippen LogP contribution is 2.07. The standard InChI is InChI=1S/C16H25FN2O3/c1-3-18-16(21)10-19(4-2)9-14(20)12-22-11-13-7-5-6-8-15(13)17/h5-8,14,20H,3-4,9-12H2,1-2H3,(H,18,21). The molecule has 1 aromatic rings. The normalized spacial score (nSPS) is 12.4. The molecule has 0 heterocycles. The lowest BCUT2D eigenvalue weighted by atomic mass is 10.2. The maximum atomic E-state index is 13.4. The van der Waals surface area contributed by atoms with Gasteiger partial charge in [-0.2, -0.15) is 0 Å². The van der Waals surface area contributed by atoms with Gasteiger partial charge in [0.25, 0.3) is 0 Å². The van der Waals surface area contributed by atoms with Gasteiger partial charge in [-0.3, -0.25) is 9.69 Å². The van der Waals surface area contributed by atoms with E-state index >= 15 is 0 Å². The average Bonchev–Trinajstić information content (AvgIpc) is 2.48. The van der Waals surface area contributed by atoms with Crippen LogP contribution in [-0.2, 0) is 16.1 Å². The Kier molecular flexibility index (Phi) is 8.65. The van der Waals surface area contributed by atoms with Gasteiger partial charge in [-0.1, -0.05) is 25.1 Å². The molecule has 0 aliphatic rings. The number of rotatable bonds is 10. The Balaban J connectivity index is 2.30. The second-order valence-electron chi connectivity index (χ2n) is 5.04. The van der Waals surface area contributed by atoms with Gasteiger partial charge in [0, 0.05) is 18.7 Å². The number of nitrogens with one attached hydrogen (secondary N) is 1. The number of likely N-dealkylation sites (N-methyl/N-ethyl adjacent to an activating group) is 2. The lowest BCUT2D eigenvalue weighted by molar-refractivity contribution is -0.122. The minimum Gasteiger partial charge on any atom is -0.389 e. The molecule has 5 nitrogen and oxygen atoms in total. The maximum Gasteiger partial charge on any atom is 0.234 e. The predicted molar refractivity (Wildman–Crippen MR) is 82.9 cm³/mol. The monoisotopic (exact) mass is 312 g/mol. The zero-order valence-corrected chi connectivity index (χ0v) is 13.2. The summed E-state index contributed by atoms with van der Waals surface area (Å²) >= 11 is 0. The lowest BCUT2D eigenvalue weighted by Gasteiger charge is -2.22. The quantitative estimate of drug-likeness (QED) is 0.681. The van der Waals surface area contributed by atoms with Gasteiger partial charge in [-0.25, -0.2) is 4.39 Å². The smallest absolute Gasteiger partial charge is 0.234 e. The third-order valence-corrected chi connectivity index (χ3v) is 3.18. The molecule has 22 heavy (non-hydrogen) atoms. The van der Waals surface area contributed by atoms with Crippen LogP contribution in [0.4, 0.5) is 4.39 Å². The largest absolute Gasteiger partial charge is 0.389 e. The molecule has 0 radical (unpaired) electrons. The number of ether oxygens (including phenoxy) is 1. The summed E-state index contributed by atoms with van der Waals surface area (Å²) in [7, 11) is 0. The third kappa shape index (κ3) is 6.98. The van der Waals surface area contributed by atoms with Crippen molar-refractivity contribution < 1.29 is 19.0 Å². The van der Waals surface area contributed by atoms with Crippen LogP contribution < -0.4 is 5.32 Å². The summed E-state index contributed by atoms with van der Waals surface area (Å²) in [6, 6.07) is 6.38. The molecule has 0 aliphatic heterocycles. The number of hydrogen-bond donors (Lipinski definition) is 2. The molecular weight excluding hydrogens is 287 g/mol. The first-order valence-electron chi connectivity index (χ1n) is 7.55. The molecule has 1 atom stereocenters. The van der Waals surface area contributed by atoms with Gasteiger partial charge >= 0.3 is 0 Å². The molecule has 0 spiro atoms. The van der Waals surface area contributed by atoms with Crippen LogP contribution in [0.15, 0.2) is 24.3 Å². The van der Waals surface area contributed by atoms with E-state index in [1.807, 2.05) is 18.7 Å². The van der Waals surface area contributed by atoms with E-state index in [0.717, 1.165) is 0 Å². The highest BCUT2D eigenvalue weighted by atomic mass is 19.1. The fraction of sp³-hybridized carbons (Fsp3) is 0.562. The summed E-state index contributed by atoms with van der Waals surface area (Å²) in [5.41, 5.74) is 0.462. The van der Waals surface area contributed by atoms with Crippen molar-refractivity contribution in [3.8, 4) is 0 Å². The van der Waals surface area contributed by atoms with Crippen LogP contribution in [0.1, 0.15) is 19.4 Å². The first-order valence-corrected chi connectivity index (χ1v) is 7.55. The van der Waals surface area contributed by atoms with Crippen LogP contribution in [0, 0.1) is 5.82 Å². The molecule has 6 heteroatoms. The summed E-state index contributed by atoms with van der Waals surface area (Å²) < 4.78 is 18.7. The molecular formula is C16H25FN2O3. The van der Waals surface area contributed by atoms with E-state index in [2.05, 4.69) is 5.32 Å². The maximum absolute atomic E-state index is 13.4. The Morgan fingerprint density at radius 3 is 2.77 bits per heavy atom. The van der Waals surface area contributed by atoms with Crippen molar-refractivity contribution in [2.24, 2.45) is 0 Å². The Labute approximate surface area is 131 Å². The lowest BCUT2D eigenvalue weighted by Crippen LogP contribution is -2.41. The van der Waals surface area contributed by atoms with Crippen molar-refractivity contribution in [2.45, 2.75) is 26.6 Å². The average molecular weight is 312 g/mol. The second-order valence-corrected chi connectivity index (χ2v) is 5.04. The van der Waals surface area contributed by atoms with Gasteiger partial charge in [0.15, 0.2) is 0 Å². The van der Waals surface area contributed by atoms with Crippen LogP contribution >= 0.6 is 0 Å². The molecule has 1 aromatic carbocycles. The van der Waals surface area contributed by atoms with Gasteiger partial charge in [0.2, 0.25) is 5.91 Å². The Morgan fingerprint density at radius 2 is 2.14 bits per heavy atom. The van der Waals surface area contributed by atoms with Gasteiger partial charge in [0.1, 0.15) is 5.82 Å². The van der Waals surface area contributed by atoms with Crippen molar-refractivity contribution in [2.75, 3.05) is 32.8 Å². The zero-order chi connectivity index (χ0) is 16.4. The van der Waals surface area contributed by atoms with E-state index in [4.69, 9.17) is 4.74 Å². The second kappa shape index (κ2) is 10.3. The van der Waals surface area contributed by atoms with Crippen LogP contribution in [0.3, 0.4) is 0 Å². The summed E-state index contributed by atoms with van der Waals surface area (Å²) in [4.78, 5) is 13.4. The molecule has 1 amide bonds. The van der Waals surface area contributed by atoms with Gasteiger partial charge in [0.05, 0.1) is 25.9 Å². The van der Waals surface area contributed by atoms with Crippen molar-refractivity contribution in [1.82, 2.24) is 10.2 Å². The molecule has 0 aromatic heterocycles. The van der Waals surface area contributed by atoms with Gasteiger partial charge in [-0.15, -0.1) is 0 Å². The topological polar surface area (TPSA) is 61.8 Å². The summed E-state index contributed by atoms with van der Waals surface area (Å²) in [5.74, 6) is -0.382. The van der Waals surface area contributed by atoms with E-state index < -0.39 is 6.10 Å². The van der Waals surface area contributed by atoms with Crippen molar-refractivity contribution in [1.29, 1.82) is 0 Å². The highest BCUT2D eigenvalue weighted by Gasteiger charge is 2.14. The van der Waals surface area contributed by atoms with E-state index in [0.29, 0.717) is 25.2 Å². The number of benzene rings is 1. The number of amides is 1. The predicted octanol–water partition coefficient (Wildman–Crippen LogP) is 1.16. The first kappa shape index (κ1) is 18.5. The fourth-order valence-corrected chi connectivity index (χ4v) is 2.03. The van der Waals surface area contributed by atoms with Crippen LogP contribution in [0.25, 0.3) is 0 Å². The number of hydrogen-bond acceptors (Lipinski definition) is 4. The number of aliphatic hydroxyl groups excluding tert-OH is 1. The van der Waals surface area contributed by atoms with Crippen LogP contribution in [0.5, 0.6) is 0 Å². The number of carbonyl (C=O) groups excluding carboxylic acids is 1. The number of carbonyl (C=O) groups is 1. The number of nitrogens with zero attached hydrogens (tertiary/aromatic N) is 1. The van der Waals surface area contributed by atoms with Crippen molar-refractivity contribution >= 4 is 5.91 Å². The molecule has 1 rings (SSSR count). The first-order chi connectivity index (χ1) is 10.6. The van der Waals surface area contributed by atoms with Crippen molar-refractivity contribution in [3.63, 3.8) is 0 Å². The summed E-state index contributed by atoms with van der Waals surface area (Å²) in [6.45, 7) is 5.82. The molecule has 0 saturated heterocycles. The number of halogens is 1. The van der Waals surface area contributed by atoms with E-state index in [9.17, 15) is 14.3 Å². The molecule has 0 fully saturated rings. The molecule has 0 saturated carbocycles. The molecule has 1 unspecified atom stereocenters. The van der Waals surface area contributed by atoms with Crippen molar-refractivity contribution in [3.05, 3.63) is 35.6 Å².